The maximum atomic E-state index is 5.70. The van der Waals surface area contributed by atoms with Crippen LogP contribution in [-0.2, 0) is 0 Å². The molecule has 1 aliphatic heterocycles. The van der Waals surface area contributed by atoms with E-state index in [1.807, 2.05) is 25.1 Å². The van der Waals surface area contributed by atoms with Crippen molar-refractivity contribution in [3.05, 3.63) is 47.5 Å². The molecule has 110 valence electrons. The van der Waals surface area contributed by atoms with Gasteiger partial charge < -0.3 is 9.47 Å². The number of nitrogens with zero attached hydrogens (tertiary/aromatic N) is 2. The summed E-state index contributed by atoms with van der Waals surface area (Å²) in [7, 11) is 0. The van der Waals surface area contributed by atoms with Crippen LogP contribution in [0, 0.1) is 6.92 Å². The van der Waals surface area contributed by atoms with Crippen molar-refractivity contribution < 1.29 is 9.47 Å². The number of hydrogen-bond donors (Lipinski definition) is 2. The minimum atomic E-state index is -0.289. The van der Waals surface area contributed by atoms with E-state index in [0.29, 0.717) is 19.0 Å². The summed E-state index contributed by atoms with van der Waals surface area (Å²) in [6.07, 6.45) is 4.43. The Morgan fingerprint density at radius 3 is 2.57 bits per heavy atom. The van der Waals surface area contributed by atoms with Gasteiger partial charge in [0.2, 0.25) is 0 Å². The molecule has 6 heteroatoms. The molecule has 3 rings (SSSR count). The number of aromatic nitrogens is 2. The first-order chi connectivity index (χ1) is 10.3. The van der Waals surface area contributed by atoms with E-state index in [2.05, 4.69) is 15.4 Å². The molecule has 0 radical (unpaired) electrons. The minimum Gasteiger partial charge on any atom is -0.490 e. The van der Waals surface area contributed by atoms with Gasteiger partial charge in [-0.2, -0.15) is 0 Å². The zero-order valence-corrected chi connectivity index (χ0v) is 11.9. The number of nitrogens with one attached hydrogen (secondary N) is 1. The third-order valence-corrected chi connectivity index (χ3v) is 3.33. The Labute approximate surface area is 123 Å². The molecule has 1 aliphatic rings. The molecule has 0 spiro atoms. The van der Waals surface area contributed by atoms with Gasteiger partial charge in [-0.15, -0.1) is 0 Å². The number of hydrogen-bond acceptors (Lipinski definition) is 6. The molecular weight excluding hydrogens is 268 g/mol. The highest BCUT2D eigenvalue weighted by atomic mass is 16.5. The smallest absolute Gasteiger partial charge is 0.161 e. The Kier molecular flexibility index (Phi) is 3.98. The zero-order chi connectivity index (χ0) is 14.7. The van der Waals surface area contributed by atoms with E-state index < -0.39 is 0 Å². The van der Waals surface area contributed by atoms with Crippen molar-refractivity contribution in [1.29, 1.82) is 0 Å². The van der Waals surface area contributed by atoms with Gasteiger partial charge in [0.25, 0.3) is 0 Å². The van der Waals surface area contributed by atoms with E-state index >= 15 is 0 Å². The summed E-state index contributed by atoms with van der Waals surface area (Å²) in [4.78, 5) is 8.66. The molecule has 1 atom stereocenters. The summed E-state index contributed by atoms with van der Waals surface area (Å²) < 4.78 is 11.3. The van der Waals surface area contributed by atoms with Crippen LogP contribution in [0.1, 0.15) is 29.4 Å². The molecule has 0 saturated heterocycles. The van der Waals surface area contributed by atoms with Gasteiger partial charge in [-0.05, 0) is 30.2 Å². The molecular formula is C15H18N4O2. The van der Waals surface area contributed by atoms with Crippen LogP contribution in [0.25, 0.3) is 0 Å². The standard InChI is InChI=1S/C15H18N4O2/c1-10-8-17-15(18-9-10)14(19-16)11-3-4-12-13(7-11)21-6-2-5-20-12/h3-4,7-9,14,19H,2,5-6,16H2,1H3. The Morgan fingerprint density at radius 1 is 1.14 bits per heavy atom. The van der Waals surface area contributed by atoms with Gasteiger partial charge >= 0.3 is 0 Å². The monoisotopic (exact) mass is 286 g/mol. The first-order valence-corrected chi connectivity index (χ1v) is 6.92. The highest BCUT2D eigenvalue weighted by molar-refractivity contribution is 5.45. The highest BCUT2D eigenvalue weighted by Crippen LogP contribution is 2.33. The lowest BCUT2D eigenvalue weighted by atomic mass is 10.1. The van der Waals surface area contributed by atoms with Gasteiger partial charge in [0.15, 0.2) is 17.3 Å². The molecule has 0 amide bonds. The van der Waals surface area contributed by atoms with Crippen molar-refractivity contribution in [2.24, 2.45) is 5.84 Å². The molecule has 6 nitrogen and oxygen atoms in total. The summed E-state index contributed by atoms with van der Waals surface area (Å²) in [5.74, 6) is 7.80. The van der Waals surface area contributed by atoms with E-state index in [1.54, 1.807) is 12.4 Å². The van der Waals surface area contributed by atoms with E-state index in [0.717, 1.165) is 29.0 Å². The second-order valence-corrected chi connectivity index (χ2v) is 4.97. The average molecular weight is 286 g/mol. The molecule has 1 aromatic carbocycles. The van der Waals surface area contributed by atoms with Crippen LogP contribution in [0.15, 0.2) is 30.6 Å². The average Bonchev–Trinajstić information content (AvgIpc) is 2.75. The van der Waals surface area contributed by atoms with Gasteiger partial charge in [0.05, 0.1) is 13.2 Å². The molecule has 3 N–H and O–H groups in total. The molecule has 0 bridgehead atoms. The summed E-state index contributed by atoms with van der Waals surface area (Å²) in [5, 5.41) is 0. The predicted octanol–water partition coefficient (Wildman–Crippen LogP) is 1.50. The van der Waals surface area contributed by atoms with Gasteiger partial charge in [-0.1, -0.05) is 6.07 Å². The molecule has 1 unspecified atom stereocenters. The third-order valence-electron chi connectivity index (χ3n) is 3.33. The summed E-state index contributed by atoms with van der Waals surface area (Å²) in [5.41, 5.74) is 4.70. The van der Waals surface area contributed by atoms with Crippen molar-refractivity contribution in [3.8, 4) is 11.5 Å². The van der Waals surface area contributed by atoms with Crippen molar-refractivity contribution in [2.45, 2.75) is 19.4 Å². The van der Waals surface area contributed by atoms with Crippen molar-refractivity contribution in [3.63, 3.8) is 0 Å². The van der Waals surface area contributed by atoms with Gasteiger partial charge in [0.1, 0.15) is 6.04 Å². The lowest BCUT2D eigenvalue weighted by Crippen LogP contribution is -2.30. The van der Waals surface area contributed by atoms with Crippen molar-refractivity contribution in [2.75, 3.05) is 13.2 Å². The van der Waals surface area contributed by atoms with Gasteiger partial charge in [0, 0.05) is 18.8 Å². The second-order valence-electron chi connectivity index (χ2n) is 4.97. The van der Waals surface area contributed by atoms with E-state index in [9.17, 15) is 0 Å². The second kappa shape index (κ2) is 6.07. The van der Waals surface area contributed by atoms with E-state index in [4.69, 9.17) is 15.3 Å². The first kappa shape index (κ1) is 13.8. The van der Waals surface area contributed by atoms with Gasteiger partial charge in [-0.25, -0.2) is 15.4 Å². The number of ether oxygens (including phenoxy) is 2. The Bertz CT molecular complexity index is 616. The van der Waals surface area contributed by atoms with Crippen LogP contribution >= 0.6 is 0 Å². The van der Waals surface area contributed by atoms with Crippen molar-refractivity contribution in [1.82, 2.24) is 15.4 Å². The number of fused-ring (bicyclic) bond motifs is 1. The summed E-state index contributed by atoms with van der Waals surface area (Å²) >= 11 is 0. The summed E-state index contributed by atoms with van der Waals surface area (Å²) in [6.45, 7) is 3.27. The maximum absolute atomic E-state index is 5.70. The zero-order valence-electron chi connectivity index (χ0n) is 11.9. The fourth-order valence-corrected chi connectivity index (χ4v) is 2.23. The molecule has 2 heterocycles. The fraction of sp³-hybridized carbons (Fsp3) is 0.333. The third kappa shape index (κ3) is 2.96. The van der Waals surface area contributed by atoms with Crippen LogP contribution in [-0.4, -0.2) is 23.2 Å². The number of hydrazine groups is 1. The SMILES string of the molecule is Cc1cnc(C(NN)c2ccc3c(c2)OCCCO3)nc1. The molecule has 0 fully saturated rings. The van der Waals surface area contributed by atoms with Crippen LogP contribution < -0.4 is 20.7 Å². The van der Waals surface area contributed by atoms with Crippen LogP contribution in [0.4, 0.5) is 0 Å². The summed E-state index contributed by atoms with van der Waals surface area (Å²) in [6, 6.07) is 5.48. The van der Waals surface area contributed by atoms with Crippen molar-refractivity contribution >= 4 is 0 Å². The quantitative estimate of drug-likeness (QED) is 0.657. The lowest BCUT2D eigenvalue weighted by Gasteiger charge is -2.17. The number of benzene rings is 1. The van der Waals surface area contributed by atoms with Crippen LogP contribution in [0.3, 0.4) is 0 Å². The van der Waals surface area contributed by atoms with E-state index in [1.165, 1.54) is 0 Å². The molecule has 21 heavy (non-hydrogen) atoms. The van der Waals surface area contributed by atoms with Gasteiger partial charge in [-0.3, -0.25) is 5.84 Å². The maximum Gasteiger partial charge on any atom is 0.161 e. The largest absolute Gasteiger partial charge is 0.490 e. The van der Waals surface area contributed by atoms with Crippen LogP contribution in [0.5, 0.6) is 11.5 Å². The molecule has 0 aliphatic carbocycles. The molecule has 0 saturated carbocycles. The number of rotatable bonds is 3. The first-order valence-electron chi connectivity index (χ1n) is 6.92. The lowest BCUT2D eigenvalue weighted by molar-refractivity contribution is 0.297. The van der Waals surface area contributed by atoms with Crippen LogP contribution in [0.2, 0.25) is 0 Å². The normalized spacial score (nSPS) is 15.3. The Balaban J connectivity index is 1.93. The topological polar surface area (TPSA) is 82.3 Å². The molecule has 1 aromatic heterocycles. The van der Waals surface area contributed by atoms with E-state index in [-0.39, 0.29) is 6.04 Å². The highest BCUT2D eigenvalue weighted by Gasteiger charge is 2.18. The number of aryl methyl sites for hydroxylation is 1. The Morgan fingerprint density at radius 2 is 1.86 bits per heavy atom. The molecule has 2 aromatic rings. The minimum absolute atomic E-state index is 0.289. The fourth-order valence-electron chi connectivity index (χ4n) is 2.23. The predicted molar refractivity (Wildman–Crippen MR) is 78.0 cm³/mol. The Hall–Kier alpha value is -2.18. The number of nitrogens with two attached hydrogens (primary N) is 1.